The van der Waals surface area contributed by atoms with Crippen LogP contribution in [0.15, 0.2) is 0 Å². The van der Waals surface area contributed by atoms with Gasteiger partial charge in [-0.25, -0.2) is 0 Å². The highest BCUT2D eigenvalue weighted by Gasteiger charge is 2.08. The molecule has 0 unspecified atom stereocenters. The van der Waals surface area contributed by atoms with Crippen molar-refractivity contribution in [3.63, 3.8) is 0 Å². The second kappa shape index (κ2) is 6.18. The molecule has 0 aliphatic rings. The number of carbonyl (C=O) groups is 1. The van der Waals surface area contributed by atoms with E-state index in [1.165, 1.54) is 19.4 Å². The van der Waals surface area contributed by atoms with Crippen LogP contribution in [-0.4, -0.2) is 38.0 Å². The second-order valence-electron chi connectivity index (χ2n) is 5.45. The lowest BCUT2D eigenvalue weighted by atomic mass is 10.0. The van der Waals surface area contributed by atoms with Gasteiger partial charge in [0, 0.05) is 12.3 Å². The molecule has 0 rings (SSSR count). The van der Waals surface area contributed by atoms with E-state index in [-0.39, 0.29) is 5.92 Å². The molecule has 0 amide bonds. The lowest BCUT2D eigenvalue weighted by Gasteiger charge is -2.23. The molecule has 0 aliphatic heterocycles. The first-order valence-corrected chi connectivity index (χ1v) is 5.66. The van der Waals surface area contributed by atoms with E-state index in [0.717, 1.165) is 17.3 Å². The zero-order chi connectivity index (χ0) is 11.2. The normalized spacial score (nSPS) is 12.1. The molecule has 0 saturated carbocycles. The SMILES string of the molecule is CC(C)C(=O)CCCCC[N+](C)(C)C. The number of hydrogen-bond donors (Lipinski definition) is 0. The molecule has 0 bridgehead atoms. The predicted molar refractivity (Wildman–Crippen MR) is 61.2 cm³/mol. The molecule has 2 nitrogen and oxygen atoms in total. The van der Waals surface area contributed by atoms with Gasteiger partial charge in [0.1, 0.15) is 5.78 Å². The third-order valence-corrected chi connectivity index (χ3v) is 2.40. The summed E-state index contributed by atoms with van der Waals surface area (Å²) in [6, 6.07) is 0. The first-order chi connectivity index (χ1) is 6.33. The molecule has 0 N–H and O–H groups in total. The van der Waals surface area contributed by atoms with Crippen LogP contribution in [-0.2, 0) is 4.79 Å². The number of rotatable bonds is 7. The van der Waals surface area contributed by atoms with E-state index < -0.39 is 0 Å². The van der Waals surface area contributed by atoms with Crippen molar-refractivity contribution in [2.45, 2.75) is 39.5 Å². The van der Waals surface area contributed by atoms with Crippen molar-refractivity contribution in [1.82, 2.24) is 0 Å². The summed E-state index contributed by atoms with van der Waals surface area (Å²) in [5, 5.41) is 0. The molecular weight excluding hydrogens is 174 g/mol. The first kappa shape index (κ1) is 13.6. The van der Waals surface area contributed by atoms with Crippen molar-refractivity contribution >= 4 is 5.78 Å². The average molecular weight is 200 g/mol. The van der Waals surface area contributed by atoms with Crippen LogP contribution in [0.25, 0.3) is 0 Å². The maximum absolute atomic E-state index is 11.3. The summed E-state index contributed by atoms with van der Waals surface area (Å²) >= 11 is 0. The summed E-state index contributed by atoms with van der Waals surface area (Å²) in [6.45, 7) is 5.17. The fraction of sp³-hybridized carbons (Fsp3) is 0.917. The molecule has 0 heterocycles. The number of quaternary nitrogens is 1. The molecule has 0 radical (unpaired) electrons. The topological polar surface area (TPSA) is 17.1 Å². The van der Waals surface area contributed by atoms with Crippen LogP contribution in [0.3, 0.4) is 0 Å². The highest BCUT2D eigenvalue weighted by atomic mass is 16.1. The van der Waals surface area contributed by atoms with Gasteiger partial charge in [-0.1, -0.05) is 13.8 Å². The van der Waals surface area contributed by atoms with Gasteiger partial charge < -0.3 is 4.48 Å². The number of hydrogen-bond acceptors (Lipinski definition) is 1. The van der Waals surface area contributed by atoms with E-state index in [1.54, 1.807) is 0 Å². The minimum Gasteiger partial charge on any atom is -0.331 e. The maximum Gasteiger partial charge on any atom is 0.135 e. The zero-order valence-electron chi connectivity index (χ0n) is 10.5. The lowest BCUT2D eigenvalue weighted by Crippen LogP contribution is -2.35. The average Bonchev–Trinajstić information content (AvgIpc) is 2.01. The minimum absolute atomic E-state index is 0.216. The van der Waals surface area contributed by atoms with Gasteiger partial charge in [0.25, 0.3) is 0 Å². The van der Waals surface area contributed by atoms with Crippen molar-refractivity contribution in [2.75, 3.05) is 27.7 Å². The van der Waals surface area contributed by atoms with Crippen molar-refractivity contribution in [3.8, 4) is 0 Å². The molecule has 0 spiro atoms. The summed E-state index contributed by atoms with van der Waals surface area (Å²) < 4.78 is 1.03. The molecule has 0 saturated heterocycles. The molecule has 0 aromatic rings. The van der Waals surface area contributed by atoms with E-state index in [4.69, 9.17) is 0 Å². The molecular formula is C12H26NO+. The molecule has 0 aliphatic carbocycles. The number of Topliss-reactive ketones (excluding diaryl/α,β-unsaturated/α-hetero) is 1. The van der Waals surface area contributed by atoms with Gasteiger partial charge in [-0.05, 0) is 19.3 Å². The second-order valence-corrected chi connectivity index (χ2v) is 5.45. The Hall–Kier alpha value is -0.370. The number of nitrogens with zero attached hydrogens (tertiary/aromatic N) is 1. The van der Waals surface area contributed by atoms with Crippen LogP contribution in [0.5, 0.6) is 0 Å². The quantitative estimate of drug-likeness (QED) is 0.456. The van der Waals surface area contributed by atoms with Gasteiger partial charge in [0.2, 0.25) is 0 Å². The van der Waals surface area contributed by atoms with E-state index >= 15 is 0 Å². The highest BCUT2D eigenvalue weighted by molar-refractivity contribution is 5.80. The Kier molecular flexibility index (Phi) is 6.01. The smallest absolute Gasteiger partial charge is 0.135 e. The van der Waals surface area contributed by atoms with Crippen LogP contribution in [0, 0.1) is 5.92 Å². The van der Waals surface area contributed by atoms with Gasteiger partial charge in [-0.3, -0.25) is 4.79 Å². The molecule has 0 fully saturated rings. The summed E-state index contributed by atoms with van der Waals surface area (Å²) in [6.07, 6.45) is 4.26. The summed E-state index contributed by atoms with van der Waals surface area (Å²) in [4.78, 5) is 11.3. The van der Waals surface area contributed by atoms with Gasteiger partial charge in [-0.2, -0.15) is 0 Å². The summed E-state index contributed by atoms with van der Waals surface area (Å²) in [7, 11) is 6.62. The predicted octanol–water partition coefficient (Wildman–Crippen LogP) is 2.48. The number of ketones is 1. The third-order valence-electron chi connectivity index (χ3n) is 2.40. The van der Waals surface area contributed by atoms with Crippen molar-refractivity contribution in [2.24, 2.45) is 5.92 Å². The Bertz CT molecular complexity index is 168. The van der Waals surface area contributed by atoms with Crippen molar-refractivity contribution < 1.29 is 9.28 Å². The fourth-order valence-electron chi connectivity index (χ4n) is 1.35. The largest absolute Gasteiger partial charge is 0.331 e. The Labute approximate surface area is 88.9 Å². The van der Waals surface area contributed by atoms with E-state index in [0.29, 0.717) is 5.78 Å². The fourth-order valence-corrected chi connectivity index (χ4v) is 1.35. The Balaban J connectivity index is 3.35. The Morgan fingerprint density at radius 3 is 2.07 bits per heavy atom. The van der Waals surface area contributed by atoms with E-state index in [2.05, 4.69) is 21.1 Å². The standard InChI is InChI=1S/C12H26NO/c1-11(2)12(14)9-7-6-8-10-13(3,4)5/h11H,6-10H2,1-5H3/q+1. The van der Waals surface area contributed by atoms with Gasteiger partial charge in [0.05, 0.1) is 27.7 Å². The highest BCUT2D eigenvalue weighted by Crippen LogP contribution is 2.07. The maximum atomic E-state index is 11.3. The zero-order valence-corrected chi connectivity index (χ0v) is 10.5. The molecule has 14 heavy (non-hydrogen) atoms. The molecule has 0 aromatic heterocycles. The van der Waals surface area contributed by atoms with Crippen LogP contribution in [0.4, 0.5) is 0 Å². The van der Waals surface area contributed by atoms with Gasteiger partial charge in [0.15, 0.2) is 0 Å². The van der Waals surface area contributed by atoms with Crippen LogP contribution in [0.1, 0.15) is 39.5 Å². The minimum atomic E-state index is 0.216. The molecule has 2 heteroatoms. The molecule has 0 aromatic carbocycles. The lowest BCUT2D eigenvalue weighted by molar-refractivity contribution is -0.870. The summed E-state index contributed by atoms with van der Waals surface area (Å²) in [5.41, 5.74) is 0. The Morgan fingerprint density at radius 1 is 1.07 bits per heavy atom. The van der Waals surface area contributed by atoms with Gasteiger partial charge in [-0.15, -0.1) is 0 Å². The van der Waals surface area contributed by atoms with E-state index in [9.17, 15) is 4.79 Å². The van der Waals surface area contributed by atoms with Crippen molar-refractivity contribution in [3.05, 3.63) is 0 Å². The van der Waals surface area contributed by atoms with Crippen molar-refractivity contribution in [1.29, 1.82) is 0 Å². The first-order valence-electron chi connectivity index (χ1n) is 5.66. The monoisotopic (exact) mass is 200 g/mol. The van der Waals surface area contributed by atoms with Gasteiger partial charge >= 0.3 is 0 Å². The molecule has 84 valence electrons. The summed E-state index contributed by atoms with van der Waals surface area (Å²) in [5.74, 6) is 0.628. The van der Waals surface area contributed by atoms with E-state index in [1.807, 2.05) is 13.8 Å². The third kappa shape index (κ3) is 8.24. The number of unbranched alkanes of at least 4 members (excludes halogenated alkanes) is 2. The van der Waals surface area contributed by atoms with Crippen LogP contribution in [0.2, 0.25) is 0 Å². The van der Waals surface area contributed by atoms with Crippen LogP contribution >= 0.6 is 0 Å². The number of carbonyl (C=O) groups excluding carboxylic acids is 1. The molecule has 0 atom stereocenters. The Morgan fingerprint density at radius 2 is 1.64 bits per heavy atom. The van der Waals surface area contributed by atoms with Crippen LogP contribution < -0.4 is 0 Å².